The number of pyridine rings is 2. The van der Waals surface area contributed by atoms with E-state index in [2.05, 4.69) is 111 Å². The van der Waals surface area contributed by atoms with E-state index >= 15 is 0 Å². The molecule has 4 heterocycles. The monoisotopic (exact) mass is 527 g/mol. The molecule has 0 saturated carbocycles. The van der Waals surface area contributed by atoms with Crippen LogP contribution in [0.1, 0.15) is 49.9 Å². The Balaban J connectivity index is 1.46. The Morgan fingerprint density at radius 1 is 0.488 bits per heavy atom. The summed E-state index contributed by atoms with van der Waals surface area (Å²) < 4.78 is 0. The summed E-state index contributed by atoms with van der Waals surface area (Å²) in [6, 6.07) is 33.8. The molecule has 0 atom stereocenters. The summed E-state index contributed by atoms with van der Waals surface area (Å²) in [6.45, 7) is 9.52. The van der Waals surface area contributed by atoms with Crippen LogP contribution in [0.4, 0.5) is 17.1 Å². The molecule has 0 spiro atoms. The van der Waals surface area contributed by atoms with Gasteiger partial charge in [0.15, 0.2) is 0 Å². The molecular formula is C38H29N3. The second-order valence-corrected chi connectivity index (χ2v) is 12.7. The van der Waals surface area contributed by atoms with Crippen LogP contribution in [-0.4, -0.2) is 9.97 Å². The van der Waals surface area contributed by atoms with Crippen molar-refractivity contribution in [3.63, 3.8) is 0 Å². The Bertz CT molecular complexity index is 2120. The van der Waals surface area contributed by atoms with Crippen LogP contribution in [0.25, 0.3) is 43.4 Å². The minimum Gasteiger partial charge on any atom is -0.309 e. The highest BCUT2D eigenvalue weighted by Crippen LogP contribution is 2.61. The Kier molecular flexibility index (Phi) is 4.20. The predicted molar refractivity (Wildman–Crippen MR) is 171 cm³/mol. The van der Waals surface area contributed by atoms with E-state index in [-0.39, 0.29) is 10.8 Å². The maximum Gasteiger partial charge on any atom is 0.0781 e. The number of rotatable bonds is 0. The summed E-state index contributed by atoms with van der Waals surface area (Å²) in [5.41, 5.74) is 11.0. The largest absolute Gasteiger partial charge is 0.309 e. The lowest BCUT2D eigenvalue weighted by atomic mass is 9.66. The average molecular weight is 528 g/mol. The molecule has 7 aromatic rings. The van der Waals surface area contributed by atoms with Crippen LogP contribution in [-0.2, 0) is 10.8 Å². The minimum atomic E-state index is -0.164. The molecule has 3 heteroatoms. The minimum absolute atomic E-state index is 0.164. The molecule has 0 N–H and O–H groups in total. The van der Waals surface area contributed by atoms with Gasteiger partial charge in [0.25, 0.3) is 0 Å². The van der Waals surface area contributed by atoms with Crippen LogP contribution in [0.5, 0.6) is 0 Å². The van der Waals surface area contributed by atoms with Crippen LogP contribution in [0.2, 0.25) is 0 Å². The normalized spacial score (nSPS) is 16.1. The maximum absolute atomic E-state index is 4.84. The highest BCUT2D eigenvalue weighted by atomic mass is 15.2. The topological polar surface area (TPSA) is 29.0 Å². The van der Waals surface area contributed by atoms with Crippen molar-refractivity contribution in [1.29, 1.82) is 0 Å². The van der Waals surface area contributed by atoms with Gasteiger partial charge in [-0.1, -0.05) is 82.3 Å². The number of hydrogen-bond acceptors (Lipinski definition) is 3. The lowest BCUT2D eigenvalue weighted by molar-refractivity contribution is 0.598. The molecule has 9 rings (SSSR count). The maximum atomic E-state index is 4.84. The average Bonchev–Trinajstić information content (AvgIpc) is 2.99. The summed E-state index contributed by atoms with van der Waals surface area (Å²) in [7, 11) is 0. The standard InChI is InChI=1S/C38H29N3/c1-37(2)28-10-5-11-29-36(28)41(32-20-26-24(18-30(32)37)14-12-22-8-6-16-39-34(22)26)33-21-27-25(19-31(33)38(29,3)4)15-13-23-9-7-17-40-35(23)27/h5-21H,1-4H3. The zero-order valence-electron chi connectivity index (χ0n) is 23.7. The van der Waals surface area contributed by atoms with E-state index in [0.29, 0.717) is 0 Å². The van der Waals surface area contributed by atoms with E-state index in [9.17, 15) is 0 Å². The number of benzene rings is 5. The highest BCUT2D eigenvalue weighted by Gasteiger charge is 2.45. The molecule has 41 heavy (non-hydrogen) atoms. The van der Waals surface area contributed by atoms with Crippen LogP contribution in [0.3, 0.4) is 0 Å². The third kappa shape index (κ3) is 2.83. The molecule has 0 amide bonds. The number of para-hydroxylation sites is 1. The van der Waals surface area contributed by atoms with E-state index in [0.717, 1.165) is 11.0 Å². The molecule has 2 aromatic heterocycles. The van der Waals surface area contributed by atoms with Crippen molar-refractivity contribution in [2.45, 2.75) is 38.5 Å². The van der Waals surface area contributed by atoms with E-state index in [1.807, 2.05) is 24.5 Å². The van der Waals surface area contributed by atoms with Crippen LogP contribution < -0.4 is 4.90 Å². The molecule has 0 aliphatic carbocycles. The first kappa shape index (κ1) is 23.0. The van der Waals surface area contributed by atoms with E-state index in [4.69, 9.17) is 9.97 Å². The van der Waals surface area contributed by atoms with Gasteiger partial charge in [0, 0.05) is 44.8 Å². The van der Waals surface area contributed by atoms with Gasteiger partial charge >= 0.3 is 0 Å². The summed E-state index contributed by atoms with van der Waals surface area (Å²) in [5, 5.41) is 7.18. The van der Waals surface area contributed by atoms with Gasteiger partial charge in [0.05, 0.1) is 28.1 Å². The van der Waals surface area contributed by atoms with Gasteiger partial charge in [0.1, 0.15) is 0 Å². The van der Waals surface area contributed by atoms with Crippen molar-refractivity contribution >= 4 is 60.4 Å². The van der Waals surface area contributed by atoms with Crippen LogP contribution >= 0.6 is 0 Å². The first-order valence-corrected chi connectivity index (χ1v) is 14.4. The molecule has 0 unspecified atom stereocenters. The molecule has 3 nitrogen and oxygen atoms in total. The number of hydrogen-bond donors (Lipinski definition) is 0. The summed E-state index contributed by atoms with van der Waals surface area (Å²) in [6.07, 6.45) is 3.81. The number of aromatic nitrogens is 2. The molecule has 196 valence electrons. The van der Waals surface area contributed by atoms with E-state index < -0.39 is 0 Å². The molecule has 0 saturated heterocycles. The van der Waals surface area contributed by atoms with Crippen molar-refractivity contribution in [3.05, 3.63) is 126 Å². The van der Waals surface area contributed by atoms with Gasteiger partial charge < -0.3 is 4.90 Å². The highest BCUT2D eigenvalue weighted by molar-refractivity contribution is 6.11. The lowest BCUT2D eigenvalue weighted by Crippen LogP contribution is -2.38. The SMILES string of the molecule is CC1(C)c2cc3ccc4cccnc4c3cc2N2c3cc4c(ccc5cccnc54)cc3C(C)(C)c3cccc1c32. The molecule has 0 radical (unpaired) electrons. The van der Waals surface area contributed by atoms with Gasteiger partial charge in [-0.25, -0.2) is 0 Å². The number of nitrogens with zero attached hydrogens (tertiary/aromatic N) is 3. The van der Waals surface area contributed by atoms with E-state index in [1.54, 1.807) is 0 Å². The first-order valence-electron chi connectivity index (χ1n) is 14.4. The second kappa shape index (κ2) is 7.50. The van der Waals surface area contributed by atoms with Crippen molar-refractivity contribution < 1.29 is 0 Å². The van der Waals surface area contributed by atoms with Crippen molar-refractivity contribution in [2.24, 2.45) is 0 Å². The first-order chi connectivity index (χ1) is 19.8. The fourth-order valence-corrected chi connectivity index (χ4v) is 7.63. The van der Waals surface area contributed by atoms with Crippen LogP contribution in [0, 0.1) is 0 Å². The molecule has 2 aliphatic rings. The molecule has 0 bridgehead atoms. The Morgan fingerprint density at radius 2 is 0.951 bits per heavy atom. The fraction of sp³-hybridized carbons (Fsp3) is 0.158. The third-order valence-electron chi connectivity index (χ3n) is 9.84. The quantitative estimate of drug-likeness (QED) is 0.184. The molecule has 2 aliphatic heterocycles. The van der Waals surface area contributed by atoms with Crippen LogP contribution in [0.15, 0.2) is 103 Å². The Hall–Kier alpha value is -4.76. The van der Waals surface area contributed by atoms with Crippen molar-refractivity contribution in [2.75, 3.05) is 4.90 Å². The second-order valence-electron chi connectivity index (χ2n) is 12.7. The zero-order valence-corrected chi connectivity index (χ0v) is 23.7. The third-order valence-corrected chi connectivity index (χ3v) is 9.84. The van der Waals surface area contributed by atoms with Gasteiger partial charge in [0.2, 0.25) is 0 Å². The lowest BCUT2D eigenvalue weighted by Gasteiger charge is -2.49. The molecular weight excluding hydrogens is 498 g/mol. The van der Waals surface area contributed by atoms with Crippen molar-refractivity contribution in [3.8, 4) is 0 Å². The van der Waals surface area contributed by atoms with Gasteiger partial charge in [-0.2, -0.15) is 0 Å². The number of fused-ring (bicyclic) bond motifs is 10. The van der Waals surface area contributed by atoms with E-state index in [1.165, 1.54) is 71.6 Å². The predicted octanol–water partition coefficient (Wildman–Crippen LogP) is 9.84. The smallest absolute Gasteiger partial charge is 0.0781 e. The van der Waals surface area contributed by atoms with Gasteiger partial charge in [-0.15, -0.1) is 0 Å². The van der Waals surface area contributed by atoms with Gasteiger partial charge in [-0.05, 0) is 69.4 Å². The molecule has 5 aromatic carbocycles. The van der Waals surface area contributed by atoms with Crippen molar-refractivity contribution in [1.82, 2.24) is 9.97 Å². The zero-order chi connectivity index (χ0) is 27.7. The summed E-state index contributed by atoms with van der Waals surface area (Å²) >= 11 is 0. The van der Waals surface area contributed by atoms with Gasteiger partial charge in [-0.3, -0.25) is 9.97 Å². The Morgan fingerprint density at radius 3 is 1.44 bits per heavy atom. The Labute approximate surface area is 239 Å². The summed E-state index contributed by atoms with van der Waals surface area (Å²) in [4.78, 5) is 12.2. The number of anilines is 3. The fourth-order valence-electron chi connectivity index (χ4n) is 7.63. The summed E-state index contributed by atoms with van der Waals surface area (Å²) in [5.74, 6) is 0. The molecule has 0 fully saturated rings.